The van der Waals surface area contributed by atoms with Crippen LogP contribution in [0.25, 0.3) is 5.82 Å². The fraction of sp³-hybridized carbons (Fsp3) is 0.261. The summed E-state index contributed by atoms with van der Waals surface area (Å²) in [6, 6.07) is 8.07. The van der Waals surface area contributed by atoms with Crippen LogP contribution in [0.5, 0.6) is 0 Å². The van der Waals surface area contributed by atoms with Crippen LogP contribution in [-0.4, -0.2) is 44.1 Å². The van der Waals surface area contributed by atoms with E-state index >= 15 is 0 Å². The summed E-state index contributed by atoms with van der Waals surface area (Å²) in [4.78, 5) is 30.9. The lowest BCUT2D eigenvalue weighted by Crippen LogP contribution is -2.47. The maximum atomic E-state index is 13.4. The second-order valence-electron chi connectivity index (χ2n) is 8.45. The van der Waals surface area contributed by atoms with Crippen LogP contribution in [-0.2, 0) is 10.7 Å². The number of rotatable bonds is 7. The molecule has 0 bridgehead atoms. The van der Waals surface area contributed by atoms with Gasteiger partial charge in [-0.15, -0.1) is 0 Å². The van der Waals surface area contributed by atoms with Gasteiger partial charge in [-0.3, -0.25) is 9.59 Å². The molecule has 1 atom stereocenters. The monoisotopic (exact) mass is 609 g/mol. The molecule has 3 aromatic rings. The highest BCUT2D eigenvalue weighted by Crippen LogP contribution is 2.28. The molecule has 0 aliphatic rings. The zero-order chi connectivity index (χ0) is 26.6. The lowest BCUT2D eigenvalue weighted by molar-refractivity contribution is 0.0921. The summed E-state index contributed by atoms with van der Waals surface area (Å²) in [5.74, 6) is -0.240. The first-order chi connectivity index (χ1) is 16.9. The first kappa shape index (κ1) is 27.8. The Morgan fingerprint density at radius 2 is 2.00 bits per heavy atom. The molecule has 1 aromatic carbocycles. The molecule has 13 heteroatoms. The Kier molecular flexibility index (Phi) is 8.89. The van der Waals surface area contributed by atoms with Crippen LogP contribution < -0.4 is 10.6 Å². The Bertz CT molecular complexity index is 1420. The van der Waals surface area contributed by atoms with Gasteiger partial charge in [0.1, 0.15) is 5.69 Å². The number of hydrogen-bond donors (Lipinski definition) is 2. The van der Waals surface area contributed by atoms with Gasteiger partial charge in [-0.2, -0.15) is 14.7 Å². The predicted octanol–water partition coefficient (Wildman–Crippen LogP) is 5.32. The molecule has 2 aromatic heterocycles. The summed E-state index contributed by atoms with van der Waals surface area (Å²) in [7, 11) is -0.550. The smallest absolute Gasteiger partial charge is 0.274 e. The Morgan fingerprint density at radius 3 is 2.67 bits per heavy atom. The Hall–Kier alpha value is -2.78. The SMILES string of the molecule is Cc1cc(Br)cc(C(=O)NC(C)(C)CS(C)=NC#N)c1NC(=O)c1cc(Cl)nn1-c1ncccc1Cl. The second kappa shape index (κ2) is 11.5. The second-order valence-corrected chi connectivity index (χ2v) is 11.8. The number of hydrogen-bond acceptors (Lipinski definition) is 6. The van der Waals surface area contributed by atoms with Crippen molar-refractivity contribution in [1.29, 1.82) is 5.26 Å². The van der Waals surface area contributed by atoms with Gasteiger partial charge in [0.25, 0.3) is 11.8 Å². The topological polar surface area (TPSA) is 125 Å². The Balaban J connectivity index is 1.96. The third-order valence-electron chi connectivity index (χ3n) is 4.85. The number of aromatic nitrogens is 3. The Labute approximate surface area is 229 Å². The molecule has 188 valence electrons. The van der Waals surface area contributed by atoms with Gasteiger partial charge in [0.2, 0.25) is 6.19 Å². The van der Waals surface area contributed by atoms with E-state index in [4.69, 9.17) is 28.5 Å². The van der Waals surface area contributed by atoms with Gasteiger partial charge in [0.15, 0.2) is 11.0 Å². The lowest BCUT2D eigenvalue weighted by Gasteiger charge is -2.27. The molecule has 36 heavy (non-hydrogen) atoms. The van der Waals surface area contributed by atoms with Gasteiger partial charge < -0.3 is 10.6 Å². The van der Waals surface area contributed by atoms with Crippen molar-refractivity contribution in [2.24, 2.45) is 4.36 Å². The van der Waals surface area contributed by atoms with Crippen molar-refractivity contribution in [2.45, 2.75) is 26.3 Å². The number of aryl methyl sites for hydroxylation is 1. The number of carbonyl (C=O) groups is 2. The van der Waals surface area contributed by atoms with Crippen LogP contribution in [0.15, 0.2) is 45.4 Å². The highest BCUT2D eigenvalue weighted by molar-refractivity contribution is 9.10. The van der Waals surface area contributed by atoms with E-state index in [1.165, 1.54) is 16.9 Å². The molecule has 0 spiro atoms. The van der Waals surface area contributed by atoms with E-state index in [9.17, 15) is 9.59 Å². The highest BCUT2D eigenvalue weighted by atomic mass is 79.9. The van der Waals surface area contributed by atoms with E-state index in [1.54, 1.807) is 37.4 Å². The average Bonchev–Trinajstić information content (AvgIpc) is 3.16. The number of benzene rings is 1. The summed E-state index contributed by atoms with van der Waals surface area (Å²) in [6.45, 7) is 5.47. The number of halogens is 3. The zero-order valence-corrected chi connectivity index (χ0v) is 23.7. The molecule has 3 rings (SSSR count). The third kappa shape index (κ3) is 6.70. The maximum Gasteiger partial charge on any atom is 0.274 e. The van der Waals surface area contributed by atoms with Crippen molar-refractivity contribution < 1.29 is 9.59 Å². The van der Waals surface area contributed by atoms with Crippen molar-refractivity contribution >= 4 is 67.3 Å². The van der Waals surface area contributed by atoms with Gasteiger partial charge in [-0.25, -0.2) is 9.67 Å². The summed E-state index contributed by atoms with van der Waals surface area (Å²) >= 11 is 15.8. The minimum absolute atomic E-state index is 0.0758. The molecular weight excluding hydrogens is 589 g/mol. The fourth-order valence-corrected chi connectivity index (χ4v) is 5.78. The van der Waals surface area contributed by atoms with E-state index in [1.807, 2.05) is 20.1 Å². The molecule has 0 saturated carbocycles. The summed E-state index contributed by atoms with van der Waals surface area (Å²) in [6.07, 6.45) is 5.15. The maximum absolute atomic E-state index is 13.4. The van der Waals surface area contributed by atoms with Crippen LogP contribution in [0, 0.1) is 18.4 Å². The third-order valence-corrected chi connectivity index (χ3v) is 7.32. The van der Waals surface area contributed by atoms with Crippen LogP contribution in [0.1, 0.15) is 40.3 Å². The first-order valence-corrected chi connectivity index (χ1v) is 13.8. The van der Waals surface area contributed by atoms with E-state index in [0.717, 1.165) is 0 Å². The summed E-state index contributed by atoms with van der Waals surface area (Å²) in [5, 5.41) is 19.1. The quantitative estimate of drug-likeness (QED) is 0.350. The van der Waals surface area contributed by atoms with E-state index in [2.05, 4.69) is 41.0 Å². The molecule has 1 unspecified atom stereocenters. The number of carbonyl (C=O) groups excluding carboxylic acids is 2. The van der Waals surface area contributed by atoms with Crippen molar-refractivity contribution in [3.8, 4) is 12.0 Å². The number of pyridine rings is 1. The lowest BCUT2D eigenvalue weighted by atomic mass is 10.0. The molecule has 0 aliphatic carbocycles. The van der Waals surface area contributed by atoms with Gasteiger partial charge in [-0.05, 0) is 56.9 Å². The van der Waals surface area contributed by atoms with Crippen LogP contribution in [0.2, 0.25) is 10.2 Å². The van der Waals surface area contributed by atoms with Gasteiger partial charge in [0, 0.05) is 28.0 Å². The van der Waals surface area contributed by atoms with Crippen LogP contribution in [0.4, 0.5) is 5.69 Å². The van der Waals surface area contributed by atoms with E-state index in [-0.39, 0.29) is 27.3 Å². The number of nitrogens with one attached hydrogen (secondary N) is 2. The largest absolute Gasteiger partial charge is 0.346 e. The van der Waals surface area contributed by atoms with Gasteiger partial charge >= 0.3 is 0 Å². The summed E-state index contributed by atoms with van der Waals surface area (Å²) in [5.41, 5.74) is 0.662. The molecule has 0 fully saturated rings. The number of nitrogens with zero attached hydrogens (tertiary/aromatic N) is 5. The van der Waals surface area contributed by atoms with Crippen LogP contribution >= 0.6 is 39.1 Å². The molecule has 2 amide bonds. The van der Waals surface area contributed by atoms with Crippen LogP contribution in [0.3, 0.4) is 0 Å². The normalized spacial score (nSPS) is 12.2. The predicted molar refractivity (Wildman–Crippen MR) is 146 cm³/mol. The van der Waals surface area contributed by atoms with Gasteiger partial charge in [-0.1, -0.05) is 49.8 Å². The van der Waals surface area contributed by atoms with Crippen molar-refractivity contribution in [2.75, 3.05) is 17.3 Å². The molecule has 0 aliphatic heterocycles. The van der Waals surface area contributed by atoms with Crippen molar-refractivity contribution in [1.82, 2.24) is 20.1 Å². The minimum Gasteiger partial charge on any atom is -0.346 e. The number of amides is 2. The van der Waals surface area contributed by atoms with E-state index in [0.29, 0.717) is 21.5 Å². The molecule has 0 saturated heterocycles. The van der Waals surface area contributed by atoms with Crippen molar-refractivity contribution in [3.05, 3.63) is 68.0 Å². The Morgan fingerprint density at radius 1 is 1.28 bits per heavy atom. The highest BCUT2D eigenvalue weighted by Gasteiger charge is 2.26. The number of anilines is 1. The molecule has 2 heterocycles. The molecule has 9 nitrogen and oxygen atoms in total. The van der Waals surface area contributed by atoms with Gasteiger partial charge in [0.05, 0.1) is 16.3 Å². The molecule has 0 radical (unpaired) electrons. The molecule has 2 N–H and O–H groups in total. The van der Waals surface area contributed by atoms with E-state index < -0.39 is 28.0 Å². The average molecular weight is 611 g/mol. The minimum atomic E-state index is -0.658. The van der Waals surface area contributed by atoms with Crippen molar-refractivity contribution in [3.63, 3.8) is 0 Å². The number of nitriles is 1. The first-order valence-electron chi connectivity index (χ1n) is 10.4. The standard InChI is InChI=1S/C23H22BrCl2N7O2S/c1-13-8-14(24)9-15(21(34)31-23(2,3)11-36(4)29-12-27)19(13)30-22(35)17-10-18(26)32-33(17)20-16(25)6-5-7-28-20/h5-10H,11H2,1-4H3,(H,30,35)(H,31,34). The molecular formula is C23H22BrCl2N7O2S. The fourth-order valence-electron chi connectivity index (χ4n) is 3.51. The summed E-state index contributed by atoms with van der Waals surface area (Å²) < 4.78 is 5.75. The zero-order valence-electron chi connectivity index (χ0n) is 19.8.